The Kier molecular flexibility index (Phi) is 5.08. The minimum atomic E-state index is -1.12. The van der Waals surface area contributed by atoms with Gasteiger partial charge in [0.1, 0.15) is 6.04 Å². The second kappa shape index (κ2) is 8.06. The van der Waals surface area contributed by atoms with E-state index < -0.39 is 35.3 Å². The molecule has 11 nitrogen and oxygen atoms in total. The number of hydrogen-bond donors (Lipinski definition) is 2. The van der Waals surface area contributed by atoms with Gasteiger partial charge in [-0.25, -0.2) is 4.68 Å². The van der Waals surface area contributed by atoms with E-state index in [2.05, 4.69) is 20.5 Å². The summed E-state index contributed by atoms with van der Waals surface area (Å²) in [5.41, 5.74) is 0.773. The second-order valence-electron chi connectivity index (χ2n) is 9.94. The van der Waals surface area contributed by atoms with Crippen molar-refractivity contribution in [3.05, 3.63) is 46.8 Å². The summed E-state index contributed by atoms with van der Waals surface area (Å²) in [6.45, 7) is 1.97. The first-order valence-electron chi connectivity index (χ1n) is 12.0. The smallest absolute Gasteiger partial charge is 0.262 e. The number of hydrogen-bond acceptors (Lipinski definition) is 8. The van der Waals surface area contributed by atoms with E-state index >= 15 is 0 Å². The van der Waals surface area contributed by atoms with Crippen molar-refractivity contribution in [3.8, 4) is 0 Å². The first-order chi connectivity index (χ1) is 16.8. The van der Waals surface area contributed by atoms with Gasteiger partial charge in [0.15, 0.2) is 0 Å². The molecule has 4 amide bonds. The Bertz CT molecular complexity index is 1240. The molecule has 6 rings (SSSR count). The van der Waals surface area contributed by atoms with Gasteiger partial charge in [0, 0.05) is 26.1 Å². The maximum absolute atomic E-state index is 13.1. The van der Waals surface area contributed by atoms with E-state index in [0.717, 1.165) is 23.4 Å². The molecule has 2 saturated heterocycles. The van der Waals surface area contributed by atoms with Crippen LogP contribution in [0.15, 0.2) is 24.4 Å². The molecule has 11 heteroatoms. The molecular formula is C24H26N6O5. The van der Waals surface area contributed by atoms with Gasteiger partial charge in [0.2, 0.25) is 11.8 Å². The summed E-state index contributed by atoms with van der Waals surface area (Å²) in [4.78, 5) is 52.9. The summed E-state index contributed by atoms with van der Waals surface area (Å²) in [5.74, 6) is -2.17. The average molecular weight is 479 g/mol. The van der Waals surface area contributed by atoms with Crippen molar-refractivity contribution in [3.63, 3.8) is 0 Å². The summed E-state index contributed by atoms with van der Waals surface area (Å²) in [6.07, 6.45) is 5.43. The van der Waals surface area contributed by atoms with Gasteiger partial charge in [-0.2, -0.15) is 0 Å². The summed E-state index contributed by atoms with van der Waals surface area (Å²) in [5, 5.41) is 22.1. The monoisotopic (exact) mass is 478 g/mol. The zero-order valence-electron chi connectivity index (χ0n) is 19.1. The molecule has 182 valence electrons. The van der Waals surface area contributed by atoms with Crippen LogP contribution in [0.25, 0.3) is 0 Å². The van der Waals surface area contributed by atoms with Crippen LogP contribution in [0.2, 0.25) is 0 Å². The molecule has 1 aliphatic carbocycles. The van der Waals surface area contributed by atoms with Crippen molar-refractivity contribution >= 4 is 23.6 Å². The van der Waals surface area contributed by atoms with E-state index in [0.29, 0.717) is 44.1 Å². The number of aromatic nitrogens is 3. The Labute approximate surface area is 201 Å². The number of aliphatic hydroxyl groups is 1. The highest BCUT2D eigenvalue weighted by atomic mass is 16.3. The highest BCUT2D eigenvalue weighted by molar-refractivity contribution is 6.23. The van der Waals surface area contributed by atoms with Gasteiger partial charge in [0.25, 0.3) is 11.8 Å². The number of carbonyl (C=O) groups excluding carboxylic acids is 4. The van der Waals surface area contributed by atoms with Crippen LogP contribution >= 0.6 is 0 Å². The van der Waals surface area contributed by atoms with Crippen molar-refractivity contribution in [1.82, 2.24) is 30.1 Å². The van der Waals surface area contributed by atoms with Crippen molar-refractivity contribution < 1.29 is 24.3 Å². The summed E-state index contributed by atoms with van der Waals surface area (Å²) in [7, 11) is 0. The fourth-order valence-corrected chi connectivity index (χ4v) is 5.26. The Balaban J connectivity index is 1.15. The van der Waals surface area contributed by atoms with Crippen molar-refractivity contribution in [2.45, 2.75) is 62.8 Å². The van der Waals surface area contributed by atoms with Crippen LogP contribution in [-0.4, -0.2) is 72.7 Å². The van der Waals surface area contributed by atoms with Crippen molar-refractivity contribution in [2.24, 2.45) is 0 Å². The average Bonchev–Trinajstić information content (AvgIpc) is 3.54. The van der Waals surface area contributed by atoms with Gasteiger partial charge in [0.05, 0.1) is 34.7 Å². The molecule has 2 N–H and O–H groups in total. The van der Waals surface area contributed by atoms with Crippen LogP contribution in [0.1, 0.15) is 76.5 Å². The molecule has 3 aliphatic heterocycles. The minimum Gasteiger partial charge on any atom is -0.385 e. The molecule has 3 fully saturated rings. The summed E-state index contributed by atoms with van der Waals surface area (Å²) < 4.78 is 1.93. The second-order valence-corrected chi connectivity index (χ2v) is 9.94. The minimum absolute atomic E-state index is 0.0716. The third-order valence-electron chi connectivity index (χ3n) is 7.52. The number of fused-ring (bicyclic) bond motifs is 1. The number of carbonyl (C=O) groups is 4. The Morgan fingerprint density at radius 1 is 1.03 bits per heavy atom. The zero-order valence-corrected chi connectivity index (χ0v) is 19.1. The number of piperidine rings is 2. The molecule has 1 atom stereocenters. The van der Waals surface area contributed by atoms with Crippen LogP contribution in [0.4, 0.5) is 0 Å². The number of amides is 4. The highest BCUT2D eigenvalue weighted by Gasteiger charge is 2.45. The number of benzene rings is 1. The van der Waals surface area contributed by atoms with Gasteiger partial charge in [-0.05, 0) is 49.8 Å². The number of nitrogens with zero attached hydrogens (tertiary/aromatic N) is 5. The number of likely N-dealkylation sites (tertiary alicyclic amines) is 1. The molecule has 4 aliphatic rings. The van der Waals surface area contributed by atoms with Gasteiger partial charge in [-0.15, -0.1) is 5.10 Å². The lowest BCUT2D eigenvalue weighted by Gasteiger charge is -2.38. The van der Waals surface area contributed by atoms with Gasteiger partial charge in [-0.3, -0.25) is 34.3 Å². The normalized spacial score (nSPS) is 24.6. The quantitative estimate of drug-likeness (QED) is 0.593. The standard InChI is InChI=1S/C24H26N6O5/c31-20-6-5-19(21(32)25-20)30-22(33)17-4-1-14(11-18(17)23(30)34)24(35)7-9-28(10-8-24)12-15-13-29(27-26-15)16-2-3-16/h1,4,11,13,16,19,35H,2-3,5-10,12H2,(H,25,31,32). The summed E-state index contributed by atoms with van der Waals surface area (Å²) >= 11 is 0. The lowest BCUT2D eigenvalue weighted by molar-refractivity contribution is -0.136. The molecule has 1 saturated carbocycles. The van der Waals surface area contributed by atoms with E-state index in [1.54, 1.807) is 18.2 Å². The molecular weight excluding hydrogens is 452 g/mol. The molecule has 4 heterocycles. The number of nitrogens with one attached hydrogen (secondary N) is 1. The first-order valence-corrected chi connectivity index (χ1v) is 12.0. The van der Waals surface area contributed by atoms with Gasteiger partial charge < -0.3 is 5.11 Å². The molecule has 0 radical (unpaired) electrons. The fourth-order valence-electron chi connectivity index (χ4n) is 5.26. The lowest BCUT2D eigenvalue weighted by Crippen LogP contribution is -2.54. The van der Waals surface area contributed by atoms with Crippen LogP contribution in [0.5, 0.6) is 0 Å². The first kappa shape index (κ1) is 22.1. The summed E-state index contributed by atoms with van der Waals surface area (Å²) in [6, 6.07) is 4.31. The van der Waals surface area contributed by atoms with E-state index in [1.807, 2.05) is 10.9 Å². The fraction of sp³-hybridized carbons (Fsp3) is 0.500. The molecule has 2 aromatic rings. The van der Waals surface area contributed by atoms with E-state index in [-0.39, 0.29) is 24.0 Å². The maximum Gasteiger partial charge on any atom is 0.262 e. The van der Waals surface area contributed by atoms with E-state index in [4.69, 9.17) is 0 Å². The van der Waals surface area contributed by atoms with E-state index in [1.165, 1.54) is 0 Å². The molecule has 1 aromatic heterocycles. The Morgan fingerprint density at radius 2 is 1.77 bits per heavy atom. The maximum atomic E-state index is 13.1. The van der Waals surface area contributed by atoms with Crippen LogP contribution in [0.3, 0.4) is 0 Å². The zero-order chi connectivity index (χ0) is 24.3. The van der Waals surface area contributed by atoms with Crippen molar-refractivity contribution in [2.75, 3.05) is 13.1 Å². The molecule has 0 bridgehead atoms. The SMILES string of the molecule is O=C1CCC(N2C(=O)c3ccc(C4(O)CCN(Cc5cn(C6CC6)nn5)CC4)cc3C2=O)C(=O)N1. The lowest BCUT2D eigenvalue weighted by atomic mass is 9.83. The largest absolute Gasteiger partial charge is 0.385 e. The van der Waals surface area contributed by atoms with Gasteiger partial charge in [-0.1, -0.05) is 11.3 Å². The molecule has 1 unspecified atom stereocenters. The van der Waals surface area contributed by atoms with Crippen LogP contribution in [-0.2, 0) is 21.7 Å². The van der Waals surface area contributed by atoms with Crippen LogP contribution in [0, 0.1) is 0 Å². The molecule has 35 heavy (non-hydrogen) atoms. The number of rotatable bonds is 5. The third-order valence-corrected chi connectivity index (χ3v) is 7.52. The molecule has 1 aromatic carbocycles. The topological polar surface area (TPSA) is 138 Å². The Morgan fingerprint density at radius 3 is 2.49 bits per heavy atom. The predicted molar refractivity (Wildman–Crippen MR) is 120 cm³/mol. The van der Waals surface area contributed by atoms with Crippen LogP contribution < -0.4 is 5.32 Å². The third kappa shape index (κ3) is 3.84. The highest BCUT2D eigenvalue weighted by Crippen LogP contribution is 2.37. The van der Waals surface area contributed by atoms with Gasteiger partial charge >= 0.3 is 0 Å². The van der Waals surface area contributed by atoms with E-state index in [9.17, 15) is 24.3 Å². The molecule has 0 spiro atoms. The Hall–Kier alpha value is -3.44. The van der Waals surface area contributed by atoms with Crippen molar-refractivity contribution in [1.29, 1.82) is 0 Å². The predicted octanol–water partition coefficient (Wildman–Crippen LogP) is 0.498. The number of imide groups is 2.